The summed E-state index contributed by atoms with van der Waals surface area (Å²) in [6, 6.07) is 13.2. The summed E-state index contributed by atoms with van der Waals surface area (Å²) in [4.78, 5) is 14.7. The number of aromatic nitrogens is 1. The highest BCUT2D eigenvalue weighted by Crippen LogP contribution is 2.26. The highest BCUT2D eigenvalue weighted by Gasteiger charge is 2.23. The summed E-state index contributed by atoms with van der Waals surface area (Å²) in [6.45, 7) is 4.04. The molecule has 5 nitrogen and oxygen atoms in total. The molecule has 1 N–H and O–H groups in total. The Labute approximate surface area is 124 Å². The van der Waals surface area contributed by atoms with Crippen LogP contribution in [-0.2, 0) is 6.42 Å². The van der Waals surface area contributed by atoms with E-state index in [1.54, 1.807) is 12.3 Å². The van der Waals surface area contributed by atoms with Gasteiger partial charge in [0.25, 0.3) is 0 Å². The van der Waals surface area contributed by atoms with Gasteiger partial charge in [0.2, 0.25) is 5.82 Å². The van der Waals surface area contributed by atoms with Crippen LogP contribution in [0.2, 0.25) is 0 Å². The maximum Gasteiger partial charge on any atom is 0.311 e. The normalized spacial score (nSPS) is 11.1. The van der Waals surface area contributed by atoms with Crippen molar-refractivity contribution in [2.24, 2.45) is 0 Å². The lowest BCUT2D eigenvalue weighted by atomic mass is 9.95. The molecule has 110 valence electrons. The summed E-state index contributed by atoms with van der Waals surface area (Å²) >= 11 is 0. The maximum atomic E-state index is 11.0. The van der Waals surface area contributed by atoms with Crippen molar-refractivity contribution >= 4 is 11.5 Å². The summed E-state index contributed by atoms with van der Waals surface area (Å²) in [5, 5.41) is 14.2. The number of nitrogens with zero attached hydrogens (tertiary/aromatic N) is 2. The number of nitro groups is 1. The highest BCUT2D eigenvalue weighted by atomic mass is 16.6. The lowest BCUT2D eigenvalue weighted by molar-refractivity contribution is -0.384. The first-order chi connectivity index (χ1) is 9.98. The van der Waals surface area contributed by atoms with Gasteiger partial charge in [-0.05, 0) is 38.3 Å². The lowest BCUT2D eigenvalue weighted by Crippen LogP contribution is -2.32. The predicted molar refractivity (Wildman–Crippen MR) is 83.4 cm³/mol. The van der Waals surface area contributed by atoms with Gasteiger partial charge in [0.15, 0.2) is 0 Å². The molecule has 0 radical (unpaired) electrons. The minimum absolute atomic E-state index is 0.00489. The van der Waals surface area contributed by atoms with Crippen LogP contribution in [0.3, 0.4) is 0 Å². The Morgan fingerprint density at radius 2 is 1.90 bits per heavy atom. The Balaban J connectivity index is 2.05. The minimum atomic E-state index is -0.414. The topological polar surface area (TPSA) is 68.1 Å². The van der Waals surface area contributed by atoms with Crippen LogP contribution in [-0.4, -0.2) is 15.4 Å². The van der Waals surface area contributed by atoms with Crippen molar-refractivity contribution in [1.29, 1.82) is 0 Å². The first-order valence-corrected chi connectivity index (χ1v) is 6.89. The van der Waals surface area contributed by atoms with Gasteiger partial charge < -0.3 is 5.32 Å². The molecule has 5 heteroatoms. The van der Waals surface area contributed by atoms with Gasteiger partial charge in [0, 0.05) is 17.8 Å². The summed E-state index contributed by atoms with van der Waals surface area (Å²) in [5.41, 5.74) is 0.975. The minimum Gasteiger partial charge on any atom is -0.359 e. The van der Waals surface area contributed by atoms with Crippen LogP contribution in [0.1, 0.15) is 25.8 Å². The fourth-order valence-electron chi connectivity index (χ4n) is 2.12. The molecule has 2 aromatic rings. The molecule has 0 atom stereocenters. The fraction of sp³-hybridized carbons (Fsp3) is 0.312. The second kappa shape index (κ2) is 6.35. The van der Waals surface area contributed by atoms with Gasteiger partial charge in [-0.1, -0.05) is 30.3 Å². The Morgan fingerprint density at radius 3 is 2.57 bits per heavy atom. The van der Waals surface area contributed by atoms with Crippen LogP contribution in [0.5, 0.6) is 0 Å². The summed E-state index contributed by atoms with van der Waals surface area (Å²) < 4.78 is 0. The molecule has 1 aromatic heterocycles. The van der Waals surface area contributed by atoms with Crippen LogP contribution in [0.15, 0.2) is 48.7 Å². The quantitative estimate of drug-likeness (QED) is 0.647. The van der Waals surface area contributed by atoms with Crippen LogP contribution in [0.4, 0.5) is 11.5 Å². The smallest absolute Gasteiger partial charge is 0.311 e. The molecule has 0 saturated carbocycles. The number of hydrogen-bond donors (Lipinski definition) is 1. The molecule has 0 unspecified atom stereocenters. The predicted octanol–water partition coefficient (Wildman–Crippen LogP) is 3.81. The van der Waals surface area contributed by atoms with Gasteiger partial charge in [0.1, 0.15) is 0 Å². The number of nitrogens with one attached hydrogen (secondary N) is 1. The van der Waals surface area contributed by atoms with Crippen molar-refractivity contribution in [1.82, 2.24) is 4.98 Å². The lowest BCUT2D eigenvalue weighted by Gasteiger charge is -2.26. The van der Waals surface area contributed by atoms with E-state index in [9.17, 15) is 10.1 Å². The molecule has 0 aliphatic carbocycles. The van der Waals surface area contributed by atoms with Crippen molar-refractivity contribution in [2.75, 3.05) is 5.32 Å². The molecule has 2 rings (SSSR count). The Kier molecular flexibility index (Phi) is 4.52. The molecule has 0 bridgehead atoms. The van der Waals surface area contributed by atoms with Crippen molar-refractivity contribution in [3.05, 3.63) is 64.3 Å². The molecule has 1 aromatic carbocycles. The van der Waals surface area contributed by atoms with Gasteiger partial charge in [0.05, 0.1) is 4.92 Å². The van der Waals surface area contributed by atoms with Gasteiger partial charge in [-0.3, -0.25) is 10.1 Å². The van der Waals surface area contributed by atoms with E-state index in [-0.39, 0.29) is 11.2 Å². The van der Waals surface area contributed by atoms with E-state index >= 15 is 0 Å². The van der Waals surface area contributed by atoms with E-state index in [1.165, 1.54) is 11.6 Å². The Bertz CT molecular complexity index is 612. The third kappa shape index (κ3) is 4.27. The van der Waals surface area contributed by atoms with Gasteiger partial charge in [-0.15, -0.1) is 0 Å². The van der Waals surface area contributed by atoms with Crippen molar-refractivity contribution in [3.63, 3.8) is 0 Å². The number of aryl methyl sites for hydroxylation is 1. The van der Waals surface area contributed by atoms with Crippen LogP contribution in [0, 0.1) is 10.1 Å². The molecular formula is C16H19N3O2. The number of benzene rings is 1. The van der Waals surface area contributed by atoms with Gasteiger partial charge in [-0.2, -0.15) is 0 Å². The maximum absolute atomic E-state index is 11.0. The van der Waals surface area contributed by atoms with Crippen LogP contribution < -0.4 is 5.32 Å². The molecule has 0 saturated heterocycles. The number of rotatable bonds is 6. The summed E-state index contributed by atoms with van der Waals surface area (Å²) in [7, 11) is 0. The van der Waals surface area contributed by atoms with Gasteiger partial charge >= 0.3 is 5.69 Å². The van der Waals surface area contributed by atoms with Crippen molar-refractivity contribution in [3.8, 4) is 0 Å². The van der Waals surface area contributed by atoms with Gasteiger partial charge in [-0.25, -0.2) is 4.98 Å². The molecule has 0 aliphatic heterocycles. The zero-order valence-electron chi connectivity index (χ0n) is 12.2. The first-order valence-electron chi connectivity index (χ1n) is 6.89. The fourth-order valence-corrected chi connectivity index (χ4v) is 2.12. The van der Waals surface area contributed by atoms with E-state index in [1.807, 2.05) is 32.0 Å². The SMILES string of the molecule is CC(C)(CCc1ccccc1)Nc1ncccc1[N+](=O)[O-]. The second-order valence-electron chi connectivity index (χ2n) is 5.62. The number of hydrogen-bond acceptors (Lipinski definition) is 4. The average molecular weight is 285 g/mol. The zero-order valence-corrected chi connectivity index (χ0v) is 12.2. The summed E-state index contributed by atoms with van der Waals surface area (Å²) in [5.74, 6) is 0.320. The second-order valence-corrected chi connectivity index (χ2v) is 5.62. The van der Waals surface area contributed by atoms with E-state index in [0.29, 0.717) is 5.82 Å². The van der Waals surface area contributed by atoms with E-state index in [0.717, 1.165) is 12.8 Å². The molecule has 21 heavy (non-hydrogen) atoms. The number of anilines is 1. The molecule has 0 fully saturated rings. The summed E-state index contributed by atoms with van der Waals surface area (Å²) in [6.07, 6.45) is 3.31. The first kappa shape index (κ1) is 15.0. The van der Waals surface area contributed by atoms with E-state index < -0.39 is 4.92 Å². The van der Waals surface area contributed by atoms with E-state index in [2.05, 4.69) is 22.4 Å². The molecular weight excluding hydrogens is 266 g/mol. The van der Waals surface area contributed by atoms with Crippen LogP contribution in [0.25, 0.3) is 0 Å². The Morgan fingerprint density at radius 1 is 1.19 bits per heavy atom. The molecule has 0 amide bonds. The Hall–Kier alpha value is -2.43. The third-order valence-electron chi connectivity index (χ3n) is 3.32. The standard InChI is InChI=1S/C16H19N3O2/c1-16(2,11-10-13-7-4-3-5-8-13)18-15-14(19(20)21)9-6-12-17-15/h3-9,12H,10-11H2,1-2H3,(H,17,18). The largest absolute Gasteiger partial charge is 0.359 e. The van der Waals surface area contributed by atoms with Crippen LogP contribution >= 0.6 is 0 Å². The van der Waals surface area contributed by atoms with Crippen molar-refractivity contribution < 1.29 is 4.92 Å². The molecule has 0 spiro atoms. The van der Waals surface area contributed by atoms with Crippen molar-refractivity contribution in [2.45, 2.75) is 32.2 Å². The highest BCUT2D eigenvalue weighted by molar-refractivity contribution is 5.56. The molecule has 1 heterocycles. The number of pyridine rings is 1. The average Bonchev–Trinajstić information content (AvgIpc) is 2.46. The van der Waals surface area contributed by atoms with E-state index in [4.69, 9.17) is 0 Å². The monoisotopic (exact) mass is 285 g/mol. The third-order valence-corrected chi connectivity index (χ3v) is 3.32. The zero-order chi connectivity index (χ0) is 15.3. The molecule has 0 aliphatic rings.